The van der Waals surface area contributed by atoms with Crippen molar-refractivity contribution in [3.8, 4) is 0 Å². The molecule has 2 amide bonds. The number of carbonyl (C=O) groups excluding carboxylic acids is 2. The second-order valence-corrected chi connectivity index (χ2v) is 6.81. The van der Waals surface area contributed by atoms with E-state index in [2.05, 4.69) is 20.8 Å². The normalized spacial score (nSPS) is 15.4. The molecule has 24 heavy (non-hydrogen) atoms. The summed E-state index contributed by atoms with van der Waals surface area (Å²) in [7, 11) is 1.76. The van der Waals surface area contributed by atoms with Crippen LogP contribution >= 0.6 is 11.8 Å². The maximum atomic E-state index is 12.0. The number of aryl methyl sites for hydroxylation is 1. The standard InChI is InChI=1S/C15H20N6O2S/c1-20-9-5-8-12(20)14(23)16-13(22)10-24-15-17-18-19-21(15)11-6-3-2-4-7-11/h5,8-9,11H,2-4,6-7,10H2,1H3,(H,16,22,23). The van der Waals surface area contributed by atoms with E-state index in [1.54, 1.807) is 29.9 Å². The molecule has 2 aromatic rings. The fraction of sp³-hybridized carbons (Fsp3) is 0.533. The Kier molecular flexibility index (Phi) is 5.29. The molecule has 0 bridgehead atoms. The van der Waals surface area contributed by atoms with Crippen LogP contribution in [0.2, 0.25) is 0 Å². The van der Waals surface area contributed by atoms with Gasteiger partial charge in [-0.15, -0.1) is 5.10 Å². The lowest BCUT2D eigenvalue weighted by Crippen LogP contribution is -2.33. The Labute approximate surface area is 144 Å². The monoisotopic (exact) mass is 348 g/mol. The maximum Gasteiger partial charge on any atom is 0.274 e. The average molecular weight is 348 g/mol. The molecule has 0 unspecified atom stereocenters. The third kappa shape index (κ3) is 3.84. The van der Waals surface area contributed by atoms with Crippen LogP contribution in [0.3, 0.4) is 0 Å². The second-order valence-electron chi connectivity index (χ2n) is 5.87. The van der Waals surface area contributed by atoms with Gasteiger partial charge in [0.1, 0.15) is 5.69 Å². The minimum absolute atomic E-state index is 0.100. The van der Waals surface area contributed by atoms with Gasteiger partial charge in [-0.25, -0.2) is 4.68 Å². The lowest BCUT2D eigenvalue weighted by Gasteiger charge is -2.21. The number of tetrazole rings is 1. The predicted octanol–water partition coefficient (Wildman–Crippen LogP) is 1.57. The Bertz CT molecular complexity index is 719. The molecule has 0 spiro atoms. The topological polar surface area (TPSA) is 94.7 Å². The molecule has 0 saturated heterocycles. The Morgan fingerprint density at radius 2 is 2.12 bits per heavy atom. The van der Waals surface area contributed by atoms with Crippen molar-refractivity contribution in [3.63, 3.8) is 0 Å². The summed E-state index contributed by atoms with van der Waals surface area (Å²) in [6.45, 7) is 0. The second kappa shape index (κ2) is 7.61. The largest absolute Gasteiger partial charge is 0.347 e. The number of thioether (sulfide) groups is 1. The third-order valence-electron chi connectivity index (χ3n) is 4.14. The SMILES string of the molecule is Cn1cccc1C(=O)NC(=O)CSc1nnnn1C1CCCCC1. The highest BCUT2D eigenvalue weighted by atomic mass is 32.2. The lowest BCUT2D eigenvalue weighted by atomic mass is 9.96. The first-order chi connectivity index (χ1) is 11.6. The fourth-order valence-electron chi connectivity index (χ4n) is 2.89. The van der Waals surface area contributed by atoms with Gasteiger partial charge in [0.15, 0.2) is 0 Å². The predicted molar refractivity (Wildman–Crippen MR) is 88.5 cm³/mol. The van der Waals surface area contributed by atoms with Crippen molar-refractivity contribution in [1.29, 1.82) is 0 Å². The van der Waals surface area contributed by atoms with E-state index < -0.39 is 5.91 Å². The highest BCUT2D eigenvalue weighted by Crippen LogP contribution is 2.30. The number of rotatable bonds is 5. The molecular formula is C15H20N6O2S. The molecule has 0 aliphatic heterocycles. The summed E-state index contributed by atoms with van der Waals surface area (Å²) in [6.07, 6.45) is 7.51. The van der Waals surface area contributed by atoms with Gasteiger partial charge in [-0.3, -0.25) is 14.9 Å². The van der Waals surface area contributed by atoms with Crippen LogP contribution in [0.1, 0.15) is 48.6 Å². The van der Waals surface area contributed by atoms with Crippen LogP contribution < -0.4 is 5.32 Å². The molecule has 0 atom stereocenters. The number of nitrogens with zero attached hydrogens (tertiary/aromatic N) is 5. The smallest absolute Gasteiger partial charge is 0.274 e. The zero-order valence-electron chi connectivity index (χ0n) is 13.5. The van der Waals surface area contributed by atoms with Crippen LogP contribution in [0, 0.1) is 0 Å². The first-order valence-electron chi connectivity index (χ1n) is 8.01. The molecule has 1 aliphatic rings. The van der Waals surface area contributed by atoms with Crippen molar-refractivity contribution < 1.29 is 9.59 Å². The van der Waals surface area contributed by atoms with Gasteiger partial charge in [0.25, 0.3) is 5.91 Å². The molecule has 9 heteroatoms. The molecule has 2 aromatic heterocycles. The summed E-state index contributed by atoms with van der Waals surface area (Å²) in [5, 5.41) is 14.8. The Morgan fingerprint density at radius 3 is 2.83 bits per heavy atom. The summed E-state index contributed by atoms with van der Waals surface area (Å²) in [5.41, 5.74) is 0.445. The van der Waals surface area contributed by atoms with Gasteiger partial charge in [-0.05, 0) is 35.4 Å². The van der Waals surface area contributed by atoms with E-state index in [1.807, 2.05) is 4.68 Å². The number of aromatic nitrogens is 5. The number of carbonyl (C=O) groups is 2. The van der Waals surface area contributed by atoms with Crippen LogP contribution in [0.5, 0.6) is 0 Å². The van der Waals surface area contributed by atoms with Gasteiger partial charge in [-0.1, -0.05) is 31.0 Å². The Hall–Kier alpha value is -2.16. The summed E-state index contributed by atoms with van der Waals surface area (Å²) in [5.74, 6) is -0.659. The van der Waals surface area contributed by atoms with Crippen molar-refractivity contribution >= 4 is 23.6 Å². The Morgan fingerprint density at radius 1 is 1.33 bits per heavy atom. The molecule has 0 radical (unpaired) electrons. The van der Waals surface area contributed by atoms with Gasteiger partial charge in [0.2, 0.25) is 11.1 Å². The molecular weight excluding hydrogens is 328 g/mol. The van der Waals surface area contributed by atoms with E-state index in [0.717, 1.165) is 12.8 Å². The van der Waals surface area contributed by atoms with Crippen LogP contribution in [-0.4, -0.2) is 42.3 Å². The molecule has 128 valence electrons. The minimum atomic E-state index is -0.403. The van der Waals surface area contributed by atoms with Crippen LogP contribution in [-0.2, 0) is 11.8 Å². The van der Waals surface area contributed by atoms with Crippen LogP contribution in [0.15, 0.2) is 23.5 Å². The van der Waals surface area contributed by atoms with E-state index >= 15 is 0 Å². The number of hydrogen-bond donors (Lipinski definition) is 1. The van der Waals surface area contributed by atoms with Crippen molar-refractivity contribution in [2.75, 3.05) is 5.75 Å². The molecule has 1 N–H and O–H groups in total. The van der Waals surface area contributed by atoms with Crippen molar-refractivity contribution in [3.05, 3.63) is 24.0 Å². The summed E-state index contributed by atoms with van der Waals surface area (Å²) in [6, 6.07) is 3.73. The lowest BCUT2D eigenvalue weighted by molar-refractivity contribution is -0.117. The van der Waals surface area contributed by atoms with Gasteiger partial charge in [-0.2, -0.15) is 0 Å². The van der Waals surface area contributed by atoms with Crippen LogP contribution in [0.25, 0.3) is 0 Å². The maximum absolute atomic E-state index is 12.0. The minimum Gasteiger partial charge on any atom is -0.347 e. The van der Waals surface area contributed by atoms with E-state index in [0.29, 0.717) is 16.9 Å². The molecule has 1 fully saturated rings. The third-order valence-corrected chi connectivity index (χ3v) is 5.08. The van der Waals surface area contributed by atoms with Gasteiger partial charge in [0, 0.05) is 13.2 Å². The first kappa shape index (κ1) is 16.7. The van der Waals surface area contributed by atoms with Gasteiger partial charge in [0.05, 0.1) is 11.8 Å². The number of amides is 2. The Balaban J connectivity index is 1.54. The number of nitrogens with one attached hydrogen (secondary N) is 1. The van der Waals surface area contributed by atoms with Crippen molar-refractivity contribution in [1.82, 2.24) is 30.1 Å². The average Bonchev–Trinajstić information content (AvgIpc) is 3.22. The van der Waals surface area contributed by atoms with Gasteiger partial charge >= 0.3 is 0 Å². The quantitative estimate of drug-likeness (QED) is 0.824. The van der Waals surface area contributed by atoms with E-state index in [4.69, 9.17) is 0 Å². The molecule has 2 heterocycles. The molecule has 0 aromatic carbocycles. The van der Waals surface area contributed by atoms with Crippen molar-refractivity contribution in [2.45, 2.75) is 43.3 Å². The van der Waals surface area contributed by atoms with E-state index in [-0.39, 0.29) is 11.7 Å². The van der Waals surface area contributed by atoms with Gasteiger partial charge < -0.3 is 4.57 Å². The van der Waals surface area contributed by atoms with Crippen LogP contribution in [0.4, 0.5) is 0 Å². The number of hydrogen-bond acceptors (Lipinski definition) is 6. The summed E-state index contributed by atoms with van der Waals surface area (Å²) in [4.78, 5) is 24.0. The number of imide groups is 1. The zero-order chi connectivity index (χ0) is 16.9. The summed E-state index contributed by atoms with van der Waals surface area (Å²) < 4.78 is 3.48. The molecule has 3 rings (SSSR count). The molecule has 1 aliphatic carbocycles. The molecule has 1 saturated carbocycles. The summed E-state index contributed by atoms with van der Waals surface area (Å²) >= 11 is 1.25. The van der Waals surface area contributed by atoms with E-state index in [1.165, 1.54) is 31.0 Å². The highest BCUT2D eigenvalue weighted by Gasteiger charge is 2.21. The van der Waals surface area contributed by atoms with E-state index in [9.17, 15) is 9.59 Å². The molecule has 8 nitrogen and oxygen atoms in total. The van der Waals surface area contributed by atoms with Crippen molar-refractivity contribution in [2.24, 2.45) is 7.05 Å². The zero-order valence-corrected chi connectivity index (χ0v) is 14.3. The fourth-order valence-corrected chi connectivity index (χ4v) is 3.63. The first-order valence-corrected chi connectivity index (χ1v) is 9.00. The highest BCUT2D eigenvalue weighted by molar-refractivity contribution is 7.99.